The van der Waals surface area contributed by atoms with Crippen LogP contribution in [-0.2, 0) is 11.9 Å². The number of rotatable bonds is 9. The zero-order chi connectivity index (χ0) is 20.8. The van der Waals surface area contributed by atoms with E-state index in [2.05, 4.69) is 10.8 Å². The summed E-state index contributed by atoms with van der Waals surface area (Å²) in [6.07, 6.45) is 0. The highest BCUT2D eigenvalue weighted by Crippen LogP contribution is 2.27. The van der Waals surface area contributed by atoms with Crippen LogP contribution >= 0.6 is 22.6 Å². The third-order valence-electron chi connectivity index (χ3n) is 4.02. The largest absolute Gasteiger partial charge is 0.396 e. The lowest BCUT2D eigenvalue weighted by Gasteiger charge is -2.14. The summed E-state index contributed by atoms with van der Waals surface area (Å²) in [5.74, 6) is -1.76. The topological polar surface area (TPSA) is 113 Å². The van der Waals surface area contributed by atoms with Gasteiger partial charge in [0.1, 0.15) is 11.6 Å². The molecule has 0 aliphatic heterocycles. The summed E-state index contributed by atoms with van der Waals surface area (Å²) in [6, 6.07) is 5.95. The number of carbonyl (C=O) groups excluding carboxylic acids is 2. The average Bonchev–Trinajstić information content (AvgIpc) is 2.98. The van der Waals surface area contributed by atoms with Gasteiger partial charge in [-0.2, -0.15) is 0 Å². The van der Waals surface area contributed by atoms with Crippen molar-refractivity contribution in [1.82, 2.24) is 10.0 Å². The number of aliphatic hydroxyl groups is 2. The minimum absolute atomic E-state index is 0.0789. The zero-order valence-electron chi connectivity index (χ0n) is 15.3. The van der Waals surface area contributed by atoms with Gasteiger partial charge in [0.2, 0.25) is 0 Å². The van der Waals surface area contributed by atoms with Crippen molar-refractivity contribution in [2.45, 2.75) is 6.92 Å². The Hall–Kier alpha value is -2.02. The predicted molar refractivity (Wildman–Crippen MR) is 109 cm³/mol. The van der Waals surface area contributed by atoms with E-state index in [1.165, 1.54) is 29.7 Å². The Kier molecular flexibility index (Phi) is 7.92. The molecule has 0 saturated carbocycles. The van der Waals surface area contributed by atoms with Gasteiger partial charge in [0.15, 0.2) is 5.78 Å². The van der Waals surface area contributed by atoms with Crippen molar-refractivity contribution in [2.24, 2.45) is 13.0 Å². The van der Waals surface area contributed by atoms with E-state index in [0.29, 0.717) is 3.57 Å². The molecule has 0 aliphatic carbocycles. The van der Waals surface area contributed by atoms with Crippen LogP contribution in [0, 0.1) is 15.3 Å². The second-order valence-electron chi connectivity index (χ2n) is 6.13. The van der Waals surface area contributed by atoms with Crippen LogP contribution in [0.4, 0.5) is 15.9 Å². The van der Waals surface area contributed by atoms with Gasteiger partial charge in [-0.15, -0.1) is 0 Å². The smallest absolute Gasteiger partial charge is 0.278 e. The van der Waals surface area contributed by atoms with Crippen LogP contribution in [0.3, 0.4) is 0 Å². The summed E-state index contributed by atoms with van der Waals surface area (Å²) in [5.41, 5.74) is 2.68. The van der Waals surface area contributed by atoms with Gasteiger partial charge in [-0.25, -0.2) is 9.87 Å². The first-order valence-corrected chi connectivity index (χ1v) is 9.42. The number of amides is 1. The quantitative estimate of drug-likeness (QED) is 0.236. The van der Waals surface area contributed by atoms with Crippen LogP contribution in [0.2, 0.25) is 0 Å². The van der Waals surface area contributed by atoms with Gasteiger partial charge >= 0.3 is 0 Å². The SMILES string of the molecule is CC(=O)c1cc(C(=O)NOCC(CO)CO)c(Nc2ccc(I)cc2F)n1C. The number of benzene rings is 1. The van der Waals surface area contributed by atoms with Crippen molar-refractivity contribution in [3.05, 3.63) is 44.9 Å². The van der Waals surface area contributed by atoms with E-state index in [0.717, 1.165) is 0 Å². The van der Waals surface area contributed by atoms with E-state index in [4.69, 9.17) is 15.1 Å². The standard InChI is InChI=1S/C18H21FIN3O5/c1-10(26)16-6-13(18(27)22-28-9-11(7-24)8-25)17(23(16)2)21-15-4-3-12(20)5-14(15)19/h3-6,11,21,24-25H,7-9H2,1-2H3,(H,22,27). The van der Waals surface area contributed by atoms with Gasteiger partial charge in [0.25, 0.3) is 5.91 Å². The van der Waals surface area contributed by atoms with Crippen LogP contribution in [0.25, 0.3) is 0 Å². The van der Waals surface area contributed by atoms with Crippen molar-refractivity contribution < 1.29 is 29.0 Å². The summed E-state index contributed by atoms with van der Waals surface area (Å²) in [6.45, 7) is 0.658. The van der Waals surface area contributed by atoms with E-state index in [1.807, 2.05) is 22.6 Å². The summed E-state index contributed by atoms with van der Waals surface area (Å²) >= 11 is 1.98. The normalized spacial score (nSPS) is 11.0. The van der Waals surface area contributed by atoms with Crippen molar-refractivity contribution in [3.63, 3.8) is 0 Å². The summed E-state index contributed by atoms with van der Waals surface area (Å²) in [7, 11) is 1.58. The Morgan fingerprint density at radius 1 is 1.29 bits per heavy atom. The second kappa shape index (κ2) is 9.96. The molecule has 0 spiro atoms. The molecular weight excluding hydrogens is 484 g/mol. The van der Waals surface area contributed by atoms with Gasteiger partial charge in [-0.05, 0) is 46.9 Å². The van der Waals surface area contributed by atoms with E-state index in [-0.39, 0.29) is 48.4 Å². The minimum atomic E-state index is -0.661. The fourth-order valence-electron chi connectivity index (χ4n) is 2.43. The minimum Gasteiger partial charge on any atom is -0.396 e. The maximum absolute atomic E-state index is 14.2. The first kappa shape index (κ1) is 22.3. The Bertz CT molecular complexity index is 867. The molecule has 2 aromatic rings. The molecule has 0 unspecified atom stereocenters. The van der Waals surface area contributed by atoms with E-state index in [1.54, 1.807) is 13.1 Å². The molecule has 1 amide bonds. The van der Waals surface area contributed by atoms with Crippen molar-refractivity contribution in [2.75, 3.05) is 25.1 Å². The lowest BCUT2D eigenvalue weighted by molar-refractivity contribution is -0.00558. The van der Waals surface area contributed by atoms with Gasteiger partial charge < -0.3 is 20.1 Å². The molecule has 28 heavy (non-hydrogen) atoms. The van der Waals surface area contributed by atoms with Crippen molar-refractivity contribution >= 4 is 45.8 Å². The number of hydroxylamine groups is 1. The molecule has 1 heterocycles. The third kappa shape index (κ3) is 5.28. The van der Waals surface area contributed by atoms with Crippen LogP contribution in [0.5, 0.6) is 0 Å². The maximum atomic E-state index is 14.2. The van der Waals surface area contributed by atoms with Crippen LogP contribution < -0.4 is 10.8 Å². The van der Waals surface area contributed by atoms with Crippen LogP contribution in [-0.4, -0.2) is 46.3 Å². The third-order valence-corrected chi connectivity index (χ3v) is 4.69. The Morgan fingerprint density at radius 2 is 1.96 bits per heavy atom. The van der Waals surface area contributed by atoms with Crippen molar-refractivity contribution in [3.8, 4) is 0 Å². The number of hydrogen-bond donors (Lipinski definition) is 4. The maximum Gasteiger partial charge on any atom is 0.278 e. The zero-order valence-corrected chi connectivity index (χ0v) is 17.5. The molecule has 4 N–H and O–H groups in total. The van der Waals surface area contributed by atoms with Crippen LogP contribution in [0.15, 0.2) is 24.3 Å². The molecule has 10 heteroatoms. The number of carbonyl (C=O) groups is 2. The number of Topliss-reactive ketones (excluding diaryl/α,β-unsaturated/α-hetero) is 1. The summed E-state index contributed by atoms with van der Waals surface area (Å²) in [5, 5.41) is 20.9. The first-order valence-electron chi connectivity index (χ1n) is 8.35. The van der Waals surface area contributed by atoms with E-state index in [9.17, 15) is 14.0 Å². The number of nitrogens with one attached hydrogen (secondary N) is 2. The first-order chi connectivity index (χ1) is 13.3. The molecule has 0 saturated heterocycles. The lowest BCUT2D eigenvalue weighted by Crippen LogP contribution is -2.29. The number of aliphatic hydroxyl groups excluding tert-OH is 2. The fourth-order valence-corrected chi connectivity index (χ4v) is 2.88. The summed E-state index contributed by atoms with van der Waals surface area (Å²) in [4.78, 5) is 29.4. The molecule has 1 aromatic carbocycles. The van der Waals surface area contributed by atoms with Crippen molar-refractivity contribution in [1.29, 1.82) is 0 Å². The number of ketones is 1. The number of hydrogen-bond acceptors (Lipinski definition) is 6. The highest BCUT2D eigenvalue weighted by atomic mass is 127. The molecule has 0 aliphatic rings. The fraction of sp³-hybridized carbons (Fsp3) is 0.333. The highest BCUT2D eigenvalue weighted by molar-refractivity contribution is 14.1. The molecule has 0 fully saturated rings. The molecule has 8 nitrogen and oxygen atoms in total. The Labute approximate surface area is 174 Å². The Balaban J connectivity index is 2.28. The van der Waals surface area contributed by atoms with E-state index >= 15 is 0 Å². The lowest BCUT2D eigenvalue weighted by atomic mass is 10.2. The number of nitrogens with zero attached hydrogens (tertiary/aromatic N) is 1. The highest BCUT2D eigenvalue weighted by Gasteiger charge is 2.22. The summed E-state index contributed by atoms with van der Waals surface area (Å²) < 4.78 is 16.4. The second-order valence-corrected chi connectivity index (χ2v) is 7.38. The van der Waals surface area contributed by atoms with Gasteiger partial charge in [0.05, 0.1) is 36.8 Å². The van der Waals surface area contributed by atoms with E-state index < -0.39 is 17.6 Å². The molecule has 0 radical (unpaired) electrons. The number of anilines is 2. The molecule has 152 valence electrons. The molecule has 2 rings (SSSR count). The van der Waals surface area contributed by atoms with Gasteiger partial charge in [-0.1, -0.05) is 0 Å². The molecular formula is C18H21FIN3O5. The number of halogens is 2. The predicted octanol–water partition coefficient (Wildman–Crippen LogP) is 1.98. The van der Waals surface area contributed by atoms with Crippen LogP contribution in [0.1, 0.15) is 27.8 Å². The van der Waals surface area contributed by atoms with Gasteiger partial charge in [0, 0.05) is 23.5 Å². The molecule has 0 bridgehead atoms. The monoisotopic (exact) mass is 505 g/mol. The average molecular weight is 505 g/mol. The molecule has 0 atom stereocenters. The number of aromatic nitrogens is 1. The molecule has 1 aromatic heterocycles. The Morgan fingerprint density at radius 3 is 2.54 bits per heavy atom. The van der Waals surface area contributed by atoms with Gasteiger partial charge in [-0.3, -0.25) is 14.4 Å².